The van der Waals surface area contributed by atoms with Crippen LogP contribution in [-0.4, -0.2) is 29.1 Å². The highest BCUT2D eigenvalue weighted by Gasteiger charge is 2.41. The van der Waals surface area contributed by atoms with E-state index in [1.54, 1.807) is 6.20 Å². The second kappa shape index (κ2) is 4.24. The smallest absolute Gasteiger partial charge is 0.253 e. The number of nitrogens with one attached hydrogen (secondary N) is 2. The van der Waals surface area contributed by atoms with Crippen LogP contribution in [0.5, 0.6) is 0 Å². The van der Waals surface area contributed by atoms with Crippen LogP contribution < -0.4 is 11.1 Å². The number of aromatic amines is 1. The number of anilines is 1. The molecule has 0 aliphatic carbocycles. The number of nitrogens with two attached hydrogens (primary N) is 1. The van der Waals surface area contributed by atoms with E-state index in [1.807, 2.05) is 18.2 Å². The molecule has 3 heterocycles. The zero-order valence-electron chi connectivity index (χ0n) is 11.1. The molecule has 3 atom stereocenters. The normalized spacial score (nSPS) is 28.1. The number of fused-ring (bicyclic) bond motifs is 3. The molecule has 0 radical (unpaired) electrons. The van der Waals surface area contributed by atoms with Crippen LogP contribution in [0.2, 0.25) is 0 Å². The van der Waals surface area contributed by atoms with Crippen LogP contribution in [0.4, 0.5) is 5.69 Å². The van der Waals surface area contributed by atoms with Crippen molar-refractivity contribution in [1.29, 1.82) is 0 Å². The molecule has 4 N–H and O–H groups in total. The van der Waals surface area contributed by atoms with E-state index in [2.05, 4.69) is 10.3 Å². The highest BCUT2D eigenvalue weighted by molar-refractivity contribution is 6.07. The molecule has 1 aromatic heterocycles. The summed E-state index contributed by atoms with van der Waals surface area (Å²) in [6.45, 7) is 0. The van der Waals surface area contributed by atoms with Gasteiger partial charge in [-0.15, -0.1) is 0 Å². The number of nitrogen functional groups attached to an aromatic ring is 1. The summed E-state index contributed by atoms with van der Waals surface area (Å²) in [4.78, 5) is 15.5. The summed E-state index contributed by atoms with van der Waals surface area (Å²) >= 11 is 0. The lowest BCUT2D eigenvalue weighted by molar-refractivity contribution is 0.0842. The largest absolute Gasteiger partial charge is 0.399 e. The SMILES string of the molecule is Nc1ccc2c(C(=O)NC3CC4CCC3O4)c[nH]c2c1. The van der Waals surface area contributed by atoms with Crippen molar-refractivity contribution >= 4 is 22.5 Å². The molecule has 2 aromatic rings. The fraction of sp³-hybridized carbons (Fsp3) is 0.400. The molecule has 104 valence electrons. The lowest BCUT2D eigenvalue weighted by Gasteiger charge is -2.19. The van der Waals surface area contributed by atoms with E-state index in [9.17, 15) is 4.79 Å². The van der Waals surface area contributed by atoms with Gasteiger partial charge in [0, 0.05) is 22.8 Å². The number of carbonyl (C=O) groups excluding carboxylic acids is 1. The fourth-order valence-corrected chi connectivity index (χ4v) is 3.37. The summed E-state index contributed by atoms with van der Waals surface area (Å²) in [7, 11) is 0. The Morgan fingerprint density at radius 1 is 1.40 bits per heavy atom. The second-order valence-corrected chi connectivity index (χ2v) is 5.70. The number of aromatic nitrogens is 1. The molecule has 2 saturated heterocycles. The Labute approximate surface area is 116 Å². The minimum atomic E-state index is -0.0397. The van der Waals surface area contributed by atoms with Gasteiger partial charge in [0.15, 0.2) is 0 Å². The first kappa shape index (κ1) is 11.8. The van der Waals surface area contributed by atoms with E-state index in [0.29, 0.717) is 17.4 Å². The van der Waals surface area contributed by atoms with Crippen LogP contribution in [-0.2, 0) is 4.74 Å². The van der Waals surface area contributed by atoms with Crippen LogP contribution in [0.15, 0.2) is 24.4 Å². The van der Waals surface area contributed by atoms with Gasteiger partial charge in [0.1, 0.15) is 0 Å². The standard InChI is InChI=1S/C15H17N3O2/c16-8-1-3-10-11(7-17-12(10)5-8)15(19)18-13-6-9-2-4-14(13)20-9/h1,3,5,7,9,13-14,17H,2,4,6,16H2,(H,18,19). The molecule has 1 aromatic carbocycles. The van der Waals surface area contributed by atoms with Gasteiger partial charge in [0.2, 0.25) is 0 Å². The zero-order chi connectivity index (χ0) is 13.7. The molecule has 2 aliphatic rings. The zero-order valence-corrected chi connectivity index (χ0v) is 11.1. The molecule has 3 unspecified atom stereocenters. The molecule has 1 amide bonds. The van der Waals surface area contributed by atoms with E-state index >= 15 is 0 Å². The van der Waals surface area contributed by atoms with Crippen molar-refractivity contribution < 1.29 is 9.53 Å². The maximum absolute atomic E-state index is 12.4. The van der Waals surface area contributed by atoms with Crippen LogP contribution in [0.1, 0.15) is 29.6 Å². The number of rotatable bonds is 2. The predicted molar refractivity (Wildman–Crippen MR) is 76.5 cm³/mol. The number of ether oxygens (including phenoxy) is 1. The number of hydrogen-bond donors (Lipinski definition) is 3. The molecule has 2 fully saturated rings. The Hall–Kier alpha value is -2.01. The molecule has 20 heavy (non-hydrogen) atoms. The molecule has 5 nitrogen and oxygen atoms in total. The van der Waals surface area contributed by atoms with Crippen molar-refractivity contribution in [2.45, 2.75) is 37.5 Å². The van der Waals surface area contributed by atoms with Gasteiger partial charge in [-0.25, -0.2) is 0 Å². The third kappa shape index (κ3) is 1.78. The first-order valence-corrected chi connectivity index (χ1v) is 7.03. The molecule has 0 spiro atoms. The van der Waals surface area contributed by atoms with Crippen molar-refractivity contribution in [2.24, 2.45) is 0 Å². The summed E-state index contributed by atoms with van der Waals surface area (Å²) in [6.07, 6.45) is 5.40. The number of hydrogen-bond acceptors (Lipinski definition) is 3. The summed E-state index contributed by atoms with van der Waals surface area (Å²) in [5.74, 6) is -0.0397. The fourth-order valence-electron chi connectivity index (χ4n) is 3.37. The van der Waals surface area contributed by atoms with Gasteiger partial charge < -0.3 is 20.8 Å². The third-order valence-corrected chi connectivity index (χ3v) is 4.37. The van der Waals surface area contributed by atoms with Gasteiger partial charge in [-0.2, -0.15) is 0 Å². The summed E-state index contributed by atoms with van der Waals surface area (Å²) in [6, 6.07) is 5.69. The highest BCUT2D eigenvalue weighted by atomic mass is 16.5. The van der Waals surface area contributed by atoms with Gasteiger partial charge in [-0.1, -0.05) is 0 Å². The van der Waals surface area contributed by atoms with Crippen LogP contribution in [0, 0.1) is 0 Å². The van der Waals surface area contributed by atoms with Crippen LogP contribution >= 0.6 is 0 Å². The van der Waals surface area contributed by atoms with Crippen molar-refractivity contribution in [1.82, 2.24) is 10.3 Å². The maximum Gasteiger partial charge on any atom is 0.253 e. The van der Waals surface area contributed by atoms with E-state index in [4.69, 9.17) is 10.5 Å². The lowest BCUT2D eigenvalue weighted by Crippen LogP contribution is -2.41. The summed E-state index contributed by atoms with van der Waals surface area (Å²) in [5, 5.41) is 4.01. The molecule has 2 bridgehead atoms. The number of carbonyl (C=O) groups is 1. The highest BCUT2D eigenvalue weighted by Crippen LogP contribution is 2.34. The summed E-state index contributed by atoms with van der Waals surface area (Å²) in [5.41, 5.74) is 7.99. The Balaban J connectivity index is 1.58. The Morgan fingerprint density at radius 3 is 3.05 bits per heavy atom. The lowest BCUT2D eigenvalue weighted by atomic mass is 9.95. The molecule has 4 rings (SSSR count). The maximum atomic E-state index is 12.4. The van der Waals surface area contributed by atoms with E-state index in [0.717, 1.165) is 30.2 Å². The predicted octanol–water partition coefficient (Wildman–Crippen LogP) is 1.80. The van der Waals surface area contributed by atoms with Crippen molar-refractivity contribution in [2.75, 3.05) is 5.73 Å². The molecular formula is C15H17N3O2. The van der Waals surface area contributed by atoms with Gasteiger partial charge in [-0.05, 0) is 37.5 Å². The minimum Gasteiger partial charge on any atom is -0.399 e. The minimum absolute atomic E-state index is 0.0397. The monoisotopic (exact) mass is 271 g/mol. The molecule has 2 aliphatic heterocycles. The van der Waals surface area contributed by atoms with E-state index in [-0.39, 0.29) is 18.1 Å². The summed E-state index contributed by atoms with van der Waals surface area (Å²) < 4.78 is 5.77. The molecule has 0 saturated carbocycles. The molecule has 5 heteroatoms. The quantitative estimate of drug-likeness (QED) is 0.729. The van der Waals surface area contributed by atoms with Crippen molar-refractivity contribution in [3.8, 4) is 0 Å². The number of benzene rings is 1. The second-order valence-electron chi connectivity index (χ2n) is 5.70. The topological polar surface area (TPSA) is 80.1 Å². The number of H-pyrrole nitrogens is 1. The van der Waals surface area contributed by atoms with E-state index < -0.39 is 0 Å². The van der Waals surface area contributed by atoms with Gasteiger partial charge in [-0.3, -0.25) is 4.79 Å². The Bertz CT molecular complexity index is 679. The average Bonchev–Trinajstić information content (AvgIpc) is 3.11. The van der Waals surface area contributed by atoms with Crippen molar-refractivity contribution in [3.63, 3.8) is 0 Å². The average molecular weight is 271 g/mol. The molecular weight excluding hydrogens is 254 g/mol. The Morgan fingerprint density at radius 2 is 2.30 bits per heavy atom. The van der Waals surface area contributed by atoms with Crippen molar-refractivity contribution in [3.05, 3.63) is 30.0 Å². The van der Waals surface area contributed by atoms with Crippen LogP contribution in [0.25, 0.3) is 10.9 Å². The van der Waals surface area contributed by atoms with Crippen LogP contribution in [0.3, 0.4) is 0 Å². The third-order valence-electron chi connectivity index (χ3n) is 4.37. The van der Waals surface area contributed by atoms with E-state index in [1.165, 1.54) is 0 Å². The van der Waals surface area contributed by atoms with Gasteiger partial charge in [0.05, 0.1) is 23.8 Å². The first-order valence-electron chi connectivity index (χ1n) is 7.03. The number of amides is 1. The van der Waals surface area contributed by atoms with Gasteiger partial charge >= 0.3 is 0 Å². The van der Waals surface area contributed by atoms with Gasteiger partial charge in [0.25, 0.3) is 5.91 Å². The Kier molecular flexibility index (Phi) is 2.50. The first-order chi connectivity index (χ1) is 9.70.